The second-order valence-electron chi connectivity index (χ2n) is 2.95. The molecule has 14 heavy (non-hydrogen) atoms. The van der Waals surface area contributed by atoms with Gasteiger partial charge in [-0.05, 0) is 12.5 Å². The molecule has 1 atom stereocenters. The zero-order valence-corrected chi connectivity index (χ0v) is 10.3. The van der Waals surface area contributed by atoms with Crippen LogP contribution >= 0.6 is 0 Å². The number of hydrogen-bond acceptors (Lipinski definition) is 3. The van der Waals surface area contributed by atoms with Crippen molar-refractivity contribution in [3.05, 3.63) is 39.9 Å². The number of rotatable bonds is 4. The first-order valence-corrected chi connectivity index (χ1v) is 5.28. The molecular weight excluding hydrogens is 198 g/mol. The van der Waals surface area contributed by atoms with Crippen molar-refractivity contribution < 1.29 is 9.35 Å². The molecule has 0 aliphatic carbocycles. The van der Waals surface area contributed by atoms with E-state index in [1.807, 2.05) is 6.92 Å². The maximum atomic E-state index is 10.7. The molecule has 76 valence electrons. The highest BCUT2D eigenvalue weighted by atomic mass is 28.2. The van der Waals surface area contributed by atoms with Gasteiger partial charge in [-0.3, -0.25) is 10.1 Å². The van der Waals surface area contributed by atoms with Crippen LogP contribution in [0, 0.1) is 10.1 Å². The third-order valence-electron chi connectivity index (χ3n) is 2.14. The fourth-order valence-corrected chi connectivity index (χ4v) is 2.03. The van der Waals surface area contributed by atoms with Gasteiger partial charge in [-0.1, -0.05) is 19.1 Å². The molecule has 0 radical (unpaired) electrons. The minimum Gasteiger partial charge on any atom is -0.421 e. The Balaban J connectivity index is 3.11. The summed E-state index contributed by atoms with van der Waals surface area (Å²) in [6, 6.07) is 6.73. The number of nitro groups is 1. The van der Waals surface area contributed by atoms with Gasteiger partial charge in [0.2, 0.25) is 0 Å². The standard InChI is InChI=1S/C9H13NO3Si/c1-2-9(13-14)7-5-3-4-6-8(7)10(11)12/h3-6,9H,2H2,1,14H3. The van der Waals surface area contributed by atoms with Gasteiger partial charge in [0.05, 0.1) is 16.6 Å². The summed E-state index contributed by atoms with van der Waals surface area (Å²) in [5.74, 6) is 0. The topological polar surface area (TPSA) is 52.4 Å². The molecule has 0 bridgehead atoms. The summed E-state index contributed by atoms with van der Waals surface area (Å²) in [6.07, 6.45) is 0.622. The maximum absolute atomic E-state index is 10.7. The molecule has 4 nitrogen and oxygen atoms in total. The minimum atomic E-state index is -0.363. The smallest absolute Gasteiger partial charge is 0.275 e. The van der Waals surface area contributed by atoms with E-state index in [-0.39, 0.29) is 16.7 Å². The van der Waals surface area contributed by atoms with Crippen LogP contribution in [0.2, 0.25) is 0 Å². The van der Waals surface area contributed by atoms with E-state index in [1.165, 1.54) is 6.07 Å². The molecule has 0 spiro atoms. The normalized spacial score (nSPS) is 12.6. The quantitative estimate of drug-likeness (QED) is 0.429. The van der Waals surface area contributed by atoms with Crippen LogP contribution in [0.3, 0.4) is 0 Å². The highest BCUT2D eigenvalue weighted by Gasteiger charge is 2.18. The Morgan fingerprint density at radius 2 is 2.21 bits per heavy atom. The lowest BCUT2D eigenvalue weighted by Crippen LogP contribution is -2.04. The van der Waals surface area contributed by atoms with Crippen molar-refractivity contribution >= 4 is 16.2 Å². The predicted octanol–water partition coefficient (Wildman–Crippen LogP) is 1.34. The molecule has 0 saturated carbocycles. The monoisotopic (exact) mass is 211 g/mol. The largest absolute Gasteiger partial charge is 0.421 e. The third-order valence-corrected chi connectivity index (χ3v) is 2.70. The highest BCUT2D eigenvalue weighted by Crippen LogP contribution is 2.28. The minimum absolute atomic E-state index is 0.136. The number of para-hydroxylation sites is 1. The summed E-state index contributed by atoms with van der Waals surface area (Å²) < 4.78 is 5.31. The molecule has 1 aromatic rings. The zero-order valence-electron chi connectivity index (χ0n) is 8.27. The lowest BCUT2D eigenvalue weighted by atomic mass is 10.1. The number of nitro benzene ring substituents is 1. The van der Waals surface area contributed by atoms with Gasteiger partial charge < -0.3 is 4.43 Å². The second-order valence-corrected chi connectivity index (χ2v) is 3.42. The first-order valence-electron chi connectivity index (χ1n) is 4.46. The van der Waals surface area contributed by atoms with Gasteiger partial charge in [-0.2, -0.15) is 0 Å². The Kier molecular flexibility index (Phi) is 3.79. The Morgan fingerprint density at radius 3 is 2.71 bits per heavy atom. The molecule has 1 aromatic carbocycles. The van der Waals surface area contributed by atoms with Gasteiger partial charge in [-0.15, -0.1) is 0 Å². The molecule has 1 rings (SSSR count). The van der Waals surface area contributed by atoms with Crippen molar-refractivity contribution in [2.75, 3.05) is 0 Å². The van der Waals surface area contributed by atoms with Crippen molar-refractivity contribution in [2.24, 2.45) is 0 Å². The first kappa shape index (κ1) is 10.9. The van der Waals surface area contributed by atoms with Gasteiger partial charge >= 0.3 is 0 Å². The van der Waals surface area contributed by atoms with E-state index in [0.717, 1.165) is 6.42 Å². The average molecular weight is 211 g/mol. The molecule has 0 amide bonds. The summed E-state index contributed by atoms with van der Waals surface area (Å²) in [7, 11) is 0.588. The van der Waals surface area contributed by atoms with Crippen LogP contribution in [-0.2, 0) is 4.43 Å². The van der Waals surface area contributed by atoms with E-state index in [9.17, 15) is 10.1 Å². The van der Waals surface area contributed by atoms with E-state index >= 15 is 0 Å². The fraction of sp³-hybridized carbons (Fsp3) is 0.333. The van der Waals surface area contributed by atoms with E-state index in [1.54, 1.807) is 18.2 Å². The van der Waals surface area contributed by atoms with Gasteiger partial charge in [-0.25, -0.2) is 0 Å². The molecule has 5 heteroatoms. The second kappa shape index (κ2) is 4.87. The average Bonchev–Trinajstić information content (AvgIpc) is 2.20. The Bertz CT molecular complexity index is 326. The van der Waals surface area contributed by atoms with Crippen molar-refractivity contribution in [3.63, 3.8) is 0 Å². The van der Waals surface area contributed by atoms with Crippen molar-refractivity contribution in [3.8, 4) is 0 Å². The van der Waals surface area contributed by atoms with Crippen molar-refractivity contribution in [1.29, 1.82) is 0 Å². The summed E-state index contributed by atoms with van der Waals surface area (Å²) >= 11 is 0. The van der Waals surface area contributed by atoms with Gasteiger partial charge in [0.15, 0.2) is 0 Å². The third kappa shape index (κ3) is 2.18. The van der Waals surface area contributed by atoms with E-state index < -0.39 is 0 Å². The lowest BCUT2D eigenvalue weighted by molar-refractivity contribution is -0.386. The molecule has 0 aromatic heterocycles. The number of hydrogen-bond donors (Lipinski definition) is 0. The molecule has 0 aliphatic heterocycles. The molecule has 0 saturated heterocycles. The predicted molar refractivity (Wildman–Crippen MR) is 57.2 cm³/mol. The lowest BCUT2D eigenvalue weighted by Gasteiger charge is -2.13. The fourth-order valence-electron chi connectivity index (χ4n) is 1.44. The zero-order chi connectivity index (χ0) is 10.6. The number of nitrogens with zero attached hydrogens (tertiary/aromatic N) is 1. The van der Waals surface area contributed by atoms with Crippen LogP contribution in [0.5, 0.6) is 0 Å². The van der Waals surface area contributed by atoms with Crippen LogP contribution in [0.25, 0.3) is 0 Å². The Morgan fingerprint density at radius 1 is 1.57 bits per heavy atom. The molecule has 0 aliphatic rings. The van der Waals surface area contributed by atoms with Crippen LogP contribution < -0.4 is 0 Å². The molecule has 0 heterocycles. The summed E-state index contributed by atoms with van der Waals surface area (Å²) in [5, 5.41) is 10.7. The molecule has 0 fully saturated rings. The van der Waals surface area contributed by atoms with Gasteiger partial charge in [0.25, 0.3) is 5.69 Å². The Hall–Kier alpha value is -1.20. The van der Waals surface area contributed by atoms with Crippen LogP contribution in [0.15, 0.2) is 24.3 Å². The highest BCUT2D eigenvalue weighted by molar-refractivity contribution is 5.98. The van der Waals surface area contributed by atoms with Crippen LogP contribution in [0.4, 0.5) is 5.69 Å². The maximum Gasteiger partial charge on any atom is 0.275 e. The van der Waals surface area contributed by atoms with Gasteiger partial charge in [0.1, 0.15) is 10.5 Å². The molecule has 0 N–H and O–H groups in total. The van der Waals surface area contributed by atoms with E-state index in [0.29, 0.717) is 16.0 Å². The van der Waals surface area contributed by atoms with E-state index in [4.69, 9.17) is 4.43 Å². The Labute approximate surface area is 85.6 Å². The summed E-state index contributed by atoms with van der Waals surface area (Å²) in [6.45, 7) is 1.96. The summed E-state index contributed by atoms with van der Waals surface area (Å²) in [5.41, 5.74) is 0.824. The van der Waals surface area contributed by atoms with Crippen LogP contribution in [-0.4, -0.2) is 15.4 Å². The molecule has 1 unspecified atom stereocenters. The van der Waals surface area contributed by atoms with E-state index in [2.05, 4.69) is 0 Å². The molecular formula is C9H13NO3Si. The summed E-state index contributed by atoms with van der Waals surface area (Å²) in [4.78, 5) is 10.4. The SMILES string of the molecule is CCC(O[SiH3])c1ccccc1[N+](=O)[O-]. The first-order chi connectivity index (χ1) is 6.70. The number of benzene rings is 1. The van der Waals surface area contributed by atoms with Crippen LogP contribution in [0.1, 0.15) is 25.0 Å². The van der Waals surface area contributed by atoms with Crippen molar-refractivity contribution in [1.82, 2.24) is 0 Å². The van der Waals surface area contributed by atoms with Gasteiger partial charge in [0, 0.05) is 6.07 Å². The van der Waals surface area contributed by atoms with Crippen molar-refractivity contribution in [2.45, 2.75) is 19.4 Å².